The van der Waals surface area contributed by atoms with Crippen LogP contribution in [0.25, 0.3) is 0 Å². The van der Waals surface area contributed by atoms with Crippen molar-refractivity contribution in [2.24, 2.45) is 0 Å². The van der Waals surface area contributed by atoms with Crippen LogP contribution in [0.3, 0.4) is 0 Å². The highest BCUT2D eigenvalue weighted by atomic mass is 127. The van der Waals surface area contributed by atoms with Crippen LogP contribution >= 0.6 is 0 Å². The summed E-state index contributed by atoms with van der Waals surface area (Å²) in [5, 5.41) is 0. The lowest BCUT2D eigenvalue weighted by atomic mass is 9.94. The number of halogens is 1. The van der Waals surface area contributed by atoms with Gasteiger partial charge in [-0.05, 0) is 40.0 Å². The van der Waals surface area contributed by atoms with Crippen molar-refractivity contribution in [3.05, 3.63) is 0 Å². The van der Waals surface area contributed by atoms with E-state index in [9.17, 15) is 0 Å². The van der Waals surface area contributed by atoms with Crippen molar-refractivity contribution in [1.29, 1.82) is 0 Å². The predicted octanol–water partition coefficient (Wildman–Crippen LogP) is -0.582. The number of likely N-dealkylation sites (tertiary alicyclic amines) is 1. The maximum absolute atomic E-state index is 2.41. The van der Waals surface area contributed by atoms with E-state index >= 15 is 0 Å². The molecule has 12 heavy (non-hydrogen) atoms. The molecule has 0 aromatic carbocycles. The fourth-order valence-corrected chi connectivity index (χ4v) is 2.36. The van der Waals surface area contributed by atoms with Gasteiger partial charge in [-0.2, -0.15) is 0 Å². The Labute approximate surface area is 94.1 Å². The molecule has 1 rings (SSSR count). The minimum Gasteiger partial charge on any atom is -1.00 e. The number of hydrogen-bond donors (Lipinski definition) is 0. The van der Waals surface area contributed by atoms with Gasteiger partial charge in [-0.1, -0.05) is 0 Å². The Morgan fingerprint density at radius 2 is 1.58 bits per heavy atom. The standard InChI is InChI=1S/C10H22N.HI/c1-5-11(4)9(2)7-6-8-10(11)3;/h9-10H,5-8H2,1-4H3;1H/q+1;/p-1. The van der Waals surface area contributed by atoms with Gasteiger partial charge in [-0.15, -0.1) is 0 Å². The zero-order valence-corrected chi connectivity index (χ0v) is 11.0. The summed E-state index contributed by atoms with van der Waals surface area (Å²) in [4.78, 5) is 0. The number of hydrogen-bond acceptors (Lipinski definition) is 0. The molecule has 1 nitrogen and oxygen atoms in total. The maximum Gasteiger partial charge on any atom is 0.0861 e. The fraction of sp³-hybridized carbons (Fsp3) is 1.00. The first-order chi connectivity index (χ1) is 5.11. The Kier molecular flexibility index (Phi) is 5.07. The molecule has 0 bridgehead atoms. The highest BCUT2D eigenvalue weighted by molar-refractivity contribution is 4.66. The molecule has 1 aliphatic heterocycles. The highest BCUT2D eigenvalue weighted by Gasteiger charge is 2.36. The maximum atomic E-state index is 2.41. The third kappa shape index (κ3) is 2.13. The first-order valence-corrected chi connectivity index (χ1v) is 4.96. The van der Waals surface area contributed by atoms with Crippen LogP contribution in [-0.4, -0.2) is 30.2 Å². The molecule has 74 valence electrons. The van der Waals surface area contributed by atoms with Crippen molar-refractivity contribution < 1.29 is 28.5 Å². The highest BCUT2D eigenvalue weighted by Crippen LogP contribution is 2.28. The molecule has 2 unspecified atom stereocenters. The molecule has 2 atom stereocenters. The minimum absolute atomic E-state index is 0. The van der Waals surface area contributed by atoms with Crippen molar-refractivity contribution in [3.63, 3.8) is 0 Å². The Morgan fingerprint density at radius 1 is 1.17 bits per heavy atom. The molecular formula is C10H22IN. The van der Waals surface area contributed by atoms with Gasteiger partial charge in [0.1, 0.15) is 0 Å². The second kappa shape index (κ2) is 4.80. The monoisotopic (exact) mass is 283 g/mol. The summed E-state index contributed by atoms with van der Waals surface area (Å²) in [5.74, 6) is 0. The van der Waals surface area contributed by atoms with Crippen LogP contribution in [0, 0.1) is 0 Å². The number of rotatable bonds is 1. The van der Waals surface area contributed by atoms with E-state index in [0.29, 0.717) is 0 Å². The minimum atomic E-state index is 0. The average molecular weight is 283 g/mol. The van der Waals surface area contributed by atoms with Gasteiger partial charge in [-0.3, -0.25) is 0 Å². The summed E-state index contributed by atoms with van der Waals surface area (Å²) in [7, 11) is 2.41. The van der Waals surface area contributed by atoms with Crippen molar-refractivity contribution in [2.45, 2.75) is 52.1 Å². The van der Waals surface area contributed by atoms with Crippen molar-refractivity contribution in [1.82, 2.24) is 0 Å². The molecule has 1 aliphatic rings. The van der Waals surface area contributed by atoms with E-state index in [1.807, 2.05) is 0 Å². The average Bonchev–Trinajstić information content (AvgIpc) is 2.00. The summed E-state index contributed by atoms with van der Waals surface area (Å²) in [6.07, 6.45) is 4.29. The first kappa shape index (κ1) is 12.7. The van der Waals surface area contributed by atoms with Gasteiger partial charge in [0.25, 0.3) is 0 Å². The predicted molar refractivity (Wildman–Crippen MR) is 49.5 cm³/mol. The Hall–Kier alpha value is 0.690. The van der Waals surface area contributed by atoms with Gasteiger partial charge in [0.15, 0.2) is 0 Å². The number of piperidine rings is 1. The molecule has 1 fully saturated rings. The molecule has 0 N–H and O–H groups in total. The van der Waals surface area contributed by atoms with Crippen molar-refractivity contribution in [2.75, 3.05) is 13.6 Å². The van der Waals surface area contributed by atoms with Crippen LogP contribution in [0.1, 0.15) is 40.0 Å². The van der Waals surface area contributed by atoms with Gasteiger partial charge in [-0.25, -0.2) is 0 Å². The van der Waals surface area contributed by atoms with E-state index in [2.05, 4.69) is 27.8 Å². The van der Waals surface area contributed by atoms with E-state index in [4.69, 9.17) is 0 Å². The van der Waals surface area contributed by atoms with E-state index in [-0.39, 0.29) is 24.0 Å². The Bertz CT molecular complexity index is 126. The van der Waals surface area contributed by atoms with Crippen molar-refractivity contribution >= 4 is 0 Å². The van der Waals surface area contributed by atoms with Crippen LogP contribution in [0.4, 0.5) is 0 Å². The third-order valence-electron chi connectivity index (χ3n) is 3.94. The van der Waals surface area contributed by atoms with Crippen molar-refractivity contribution in [3.8, 4) is 0 Å². The lowest BCUT2D eigenvalue weighted by Gasteiger charge is -2.47. The van der Waals surface area contributed by atoms with Crippen LogP contribution in [-0.2, 0) is 0 Å². The van der Waals surface area contributed by atoms with Gasteiger partial charge >= 0.3 is 0 Å². The van der Waals surface area contributed by atoms with Gasteiger partial charge in [0.2, 0.25) is 0 Å². The summed E-state index contributed by atoms with van der Waals surface area (Å²) in [6.45, 7) is 8.42. The zero-order valence-electron chi connectivity index (χ0n) is 8.81. The Morgan fingerprint density at radius 3 is 1.83 bits per heavy atom. The number of quaternary nitrogens is 1. The second-order valence-electron chi connectivity index (χ2n) is 4.29. The molecule has 0 amide bonds. The summed E-state index contributed by atoms with van der Waals surface area (Å²) in [5.41, 5.74) is 0. The molecule has 0 saturated carbocycles. The molecule has 0 radical (unpaired) electrons. The van der Waals surface area contributed by atoms with Crippen LogP contribution in [0.5, 0.6) is 0 Å². The summed E-state index contributed by atoms with van der Waals surface area (Å²) >= 11 is 0. The normalized spacial score (nSPS) is 42.0. The van der Waals surface area contributed by atoms with Crippen LogP contribution in [0.2, 0.25) is 0 Å². The fourth-order valence-electron chi connectivity index (χ4n) is 2.36. The second-order valence-corrected chi connectivity index (χ2v) is 4.29. The van der Waals surface area contributed by atoms with E-state index < -0.39 is 0 Å². The largest absolute Gasteiger partial charge is 1.00 e. The molecular weight excluding hydrogens is 261 g/mol. The molecule has 2 heteroatoms. The van der Waals surface area contributed by atoms with Gasteiger partial charge < -0.3 is 28.5 Å². The lowest BCUT2D eigenvalue weighted by molar-refractivity contribution is -0.956. The van der Waals surface area contributed by atoms with E-state index in [1.54, 1.807) is 0 Å². The van der Waals surface area contributed by atoms with E-state index in [1.165, 1.54) is 30.3 Å². The van der Waals surface area contributed by atoms with Crippen LogP contribution in [0.15, 0.2) is 0 Å². The summed E-state index contributed by atoms with van der Waals surface area (Å²) < 4.78 is 1.29. The van der Waals surface area contributed by atoms with Gasteiger partial charge in [0.05, 0.1) is 25.7 Å². The molecule has 1 heterocycles. The quantitative estimate of drug-likeness (QED) is 0.446. The number of nitrogens with zero attached hydrogens (tertiary/aromatic N) is 1. The topological polar surface area (TPSA) is 0 Å². The molecule has 0 aromatic heterocycles. The van der Waals surface area contributed by atoms with E-state index in [0.717, 1.165) is 12.1 Å². The van der Waals surface area contributed by atoms with Gasteiger partial charge in [0, 0.05) is 0 Å². The molecule has 0 aliphatic carbocycles. The molecule has 0 spiro atoms. The molecule has 1 saturated heterocycles. The summed E-state index contributed by atoms with van der Waals surface area (Å²) in [6, 6.07) is 1.76. The first-order valence-electron chi connectivity index (χ1n) is 4.96. The lowest BCUT2D eigenvalue weighted by Crippen LogP contribution is -3.00. The SMILES string of the molecule is CC[N+]1(C)C(C)CCCC1C.[I-]. The molecule has 0 aromatic rings. The Balaban J connectivity index is 0.00000121. The zero-order chi connectivity index (χ0) is 8.48. The smallest absolute Gasteiger partial charge is 0.0861 e. The van der Waals surface area contributed by atoms with Crippen LogP contribution < -0.4 is 24.0 Å². The third-order valence-corrected chi connectivity index (χ3v) is 3.94.